The molecule has 116 valence electrons. The van der Waals surface area contributed by atoms with E-state index in [0.717, 1.165) is 25.5 Å². The highest BCUT2D eigenvalue weighted by atomic mass is 32.2. The average molecular weight is 310 g/mol. The van der Waals surface area contributed by atoms with Crippen molar-refractivity contribution in [3.63, 3.8) is 0 Å². The molecule has 5 nitrogen and oxygen atoms in total. The van der Waals surface area contributed by atoms with Crippen molar-refractivity contribution in [3.8, 4) is 0 Å². The monoisotopic (exact) mass is 310 g/mol. The molecule has 0 spiro atoms. The molecule has 1 amide bonds. The lowest BCUT2D eigenvalue weighted by Gasteiger charge is -2.26. The number of amides is 1. The van der Waals surface area contributed by atoms with Gasteiger partial charge in [0.15, 0.2) is 0 Å². The third kappa shape index (κ3) is 4.82. The predicted octanol–water partition coefficient (Wildman–Crippen LogP) is 0.422. The maximum Gasteiger partial charge on any atom is 0.237 e. The molecule has 1 aliphatic rings. The zero-order valence-electron chi connectivity index (χ0n) is 12.2. The van der Waals surface area contributed by atoms with E-state index in [9.17, 15) is 13.2 Å². The van der Waals surface area contributed by atoms with Gasteiger partial charge in [0.25, 0.3) is 0 Å². The smallest absolute Gasteiger partial charge is 0.237 e. The number of benzene rings is 1. The molecule has 0 saturated heterocycles. The van der Waals surface area contributed by atoms with Crippen molar-refractivity contribution in [1.29, 1.82) is 0 Å². The molecule has 6 heteroatoms. The number of aryl methyl sites for hydroxylation is 1. The molecule has 0 aliphatic heterocycles. The Morgan fingerprint density at radius 3 is 2.71 bits per heavy atom. The van der Waals surface area contributed by atoms with Crippen LogP contribution in [0.5, 0.6) is 0 Å². The van der Waals surface area contributed by atoms with Crippen LogP contribution in [0.3, 0.4) is 0 Å². The fourth-order valence-electron chi connectivity index (χ4n) is 2.60. The summed E-state index contributed by atoms with van der Waals surface area (Å²) in [6.45, 7) is 0. The maximum absolute atomic E-state index is 12.0. The first-order valence-corrected chi connectivity index (χ1v) is 9.21. The second-order valence-corrected chi connectivity index (χ2v) is 8.00. The van der Waals surface area contributed by atoms with Crippen LogP contribution in [0.4, 0.5) is 0 Å². The summed E-state index contributed by atoms with van der Waals surface area (Å²) in [5.41, 5.74) is 8.36. The van der Waals surface area contributed by atoms with Crippen LogP contribution in [-0.2, 0) is 27.5 Å². The van der Waals surface area contributed by atoms with Crippen LogP contribution in [0.1, 0.15) is 24.0 Å². The van der Waals surface area contributed by atoms with Gasteiger partial charge in [-0.1, -0.05) is 24.3 Å². The van der Waals surface area contributed by atoms with E-state index in [4.69, 9.17) is 5.73 Å². The molecule has 0 fully saturated rings. The Morgan fingerprint density at radius 1 is 1.38 bits per heavy atom. The Morgan fingerprint density at radius 2 is 2.05 bits per heavy atom. The molecule has 1 aromatic carbocycles. The predicted molar refractivity (Wildman–Crippen MR) is 82.7 cm³/mol. The quantitative estimate of drug-likeness (QED) is 0.825. The highest BCUT2D eigenvalue weighted by Crippen LogP contribution is 2.21. The molecule has 0 aromatic heterocycles. The minimum absolute atomic E-state index is 0.0604. The summed E-state index contributed by atoms with van der Waals surface area (Å²) in [5, 5.41) is 2.94. The van der Waals surface area contributed by atoms with Gasteiger partial charge in [0.1, 0.15) is 9.84 Å². The molecule has 0 radical (unpaired) electrons. The molecule has 0 heterocycles. The van der Waals surface area contributed by atoms with Gasteiger partial charge >= 0.3 is 0 Å². The molecule has 3 N–H and O–H groups in total. The Hall–Kier alpha value is -1.40. The molecule has 2 unspecified atom stereocenters. The van der Waals surface area contributed by atoms with Crippen molar-refractivity contribution < 1.29 is 13.2 Å². The third-order valence-corrected chi connectivity index (χ3v) is 4.81. The first-order chi connectivity index (χ1) is 9.85. The van der Waals surface area contributed by atoms with E-state index in [2.05, 4.69) is 17.4 Å². The summed E-state index contributed by atoms with van der Waals surface area (Å²) in [5.74, 6) is -0.322. The van der Waals surface area contributed by atoms with E-state index in [-0.39, 0.29) is 24.1 Å². The lowest BCUT2D eigenvalue weighted by molar-refractivity contribution is -0.123. The molecule has 1 aromatic rings. The van der Waals surface area contributed by atoms with Crippen molar-refractivity contribution in [2.24, 2.45) is 5.73 Å². The number of sulfone groups is 1. The van der Waals surface area contributed by atoms with Gasteiger partial charge in [0.05, 0.1) is 11.8 Å². The number of nitrogens with two attached hydrogens (primary N) is 1. The largest absolute Gasteiger partial charge is 0.352 e. The van der Waals surface area contributed by atoms with Crippen LogP contribution < -0.4 is 11.1 Å². The van der Waals surface area contributed by atoms with Gasteiger partial charge in [0.2, 0.25) is 5.91 Å². The summed E-state index contributed by atoms with van der Waals surface area (Å²) < 4.78 is 22.2. The number of carbonyl (C=O) groups is 1. The Balaban J connectivity index is 1.86. The first kappa shape index (κ1) is 16.0. The van der Waals surface area contributed by atoms with E-state index in [1.807, 2.05) is 12.1 Å². The lowest BCUT2D eigenvalue weighted by Crippen LogP contribution is -2.47. The number of rotatable bonds is 5. The van der Waals surface area contributed by atoms with Gasteiger partial charge in [-0.15, -0.1) is 0 Å². The number of fused-ring (bicyclic) bond motifs is 1. The van der Waals surface area contributed by atoms with E-state index in [1.165, 1.54) is 11.1 Å². The molecule has 1 aliphatic carbocycles. The Bertz CT molecular complexity index is 613. The van der Waals surface area contributed by atoms with Crippen molar-refractivity contribution in [1.82, 2.24) is 5.32 Å². The van der Waals surface area contributed by atoms with Gasteiger partial charge in [-0.3, -0.25) is 4.79 Å². The van der Waals surface area contributed by atoms with E-state index in [1.54, 1.807) is 0 Å². The van der Waals surface area contributed by atoms with Crippen molar-refractivity contribution >= 4 is 15.7 Å². The van der Waals surface area contributed by atoms with Crippen molar-refractivity contribution in [2.75, 3.05) is 12.0 Å². The highest BCUT2D eigenvalue weighted by molar-refractivity contribution is 7.90. The second-order valence-electron chi connectivity index (χ2n) is 5.74. The number of hydrogen-bond donors (Lipinski definition) is 2. The molecule has 21 heavy (non-hydrogen) atoms. The molecule has 0 bridgehead atoms. The SMILES string of the molecule is CS(=O)(=O)CCC(N)C(=O)NC1CCc2ccccc2C1. The van der Waals surface area contributed by atoms with E-state index in [0.29, 0.717) is 0 Å². The standard InChI is InChI=1S/C15H22N2O3S/c1-21(19,20)9-8-14(16)15(18)17-13-7-6-11-4-2-3-5-12(11)10-13/h2-5,13-14H,6-10,16H2,1H3,(H,17,18). The average Bonchev–Trinajstić information content (AvgIpc) is 2.43. The minimum Gasteiger partial charge on any atom is -0.352 e. The van der Waals surface area contributed by atoms with Gasteiger partial charge in [-0.05, 0) is 36.8 Å². The van der Waals surface area contributed by atoms with Crippen LogP contribution in [0.25, 0.3) is 0 Å². The van der Waals surface area contributed by atoms with Crippen LogP contribution in [0, 0.1) is 0 Å². The Labute approximate surface area is 125 Å². The molecule has 2 atom stereocenters. The van der Waals surface area contributed by atoms with E-state index >= 15 is 0 Å². The fourth-order valence-corrected chi connectivity index (χ4v) is 3.28. The number of hydrogen-bond acceptors (Lipinski definition) is 4. The van der Waals surface area contributed by atoms with Crippen molar-refractivity contribution in [2.45, 2.75) is 37.8 Å². The minimum atomic E-state index is -3.09. The van der Waals surface area contributed by atoms with Gasteiger partial charge < -0.3 is 11.1 Å². The van der Waals surface area contributed by atoms with Gasteiger partial charge in [-0.25, -0.2) is 8.42 Å². The van der Waals surface area contributed by atoms with Crippen LogP contribution in [-0.4, -0.2) is 38.4 Å². The van der Waals surface area contributed by atoms with Crippen LogP contribution >= 0.6 is 0 Å². The summed E-state index contributed by atoms with van der Waals surface area (Å²) in [6, 6.07) is 7.54. The lowest BCUT2D eigenvalue weighted by atomic mass is 9.88. The van der Waals surface area contributed by atoms with Gasteiger partial charge in [-0.2, -0.15) is 0 Å². The number of nitrogens with one attached hydrogen (secondary N) is 1. The Kier molecular flexibility index (Phi) is 5.00. The highest BCUT2D eigenvalue weighted by Gasteiger charge is 2.23. The first-order valence-electron chi connectivity index (χ1n) is 7.15. The molecular weight excluding hydrogens is 288 g/mol. The van der Waals surface area contributed by atoms with Crippen LogP contribution in [0.2, 0.25) is 0 Å². The summed E-state index contributed by atoms with van der Waals surface area (Å²) >= 11 is 0. The van der Waals surface area contributed by atoms with E-state index < -0.39 is 15.9 Å². The van der Waals surface area contributed by atoms with Gasteiger partial charge in [0, 0.05) is 12.3 Å². The molecular formula is C15H22N2O3S. The van der Waals surface area contributed by atoms with Crippen LogP contribution in [0.15, 0.2) is 24.3 Å². The second kappa shape index (κ2) is 6.58. The fraction of sp³-hybridized carbons (Fsp3) is 0.533. The molecule has 2 rings (SSSR count). The maximum atomic E-state index is 12.0. The zero-order chi connectivity index (χ0) is 15.5. The summed E-state index contributed by atoms with van der Waals surface area (Å²) in [6.07, 6.45) is 3.95. The normalized spacial score (nSPS) is 19.6. The zero-order valence-corrected chi connectivity index (χ0v) is 13.0. The van der Waals surface area contributed by atoms with Crippen molar-refractivity contribution in [3.05, 3.63) is 35.4 Å². The third-order valence-electron chi connectivity index (χ3n) is 3.83. The molecule has 0 saturated carbocycles. The summed E-state index contributed by atoms with van der Waals surface area (Å²) in [7, 11) is -3.09. The summed E-state index contributed by atoms with van der Waals surface area (Å²) in [4.78, 5) is 12.0. The number of carbonyl (C=O) groups excluding carboxylic acids is 1. The topological polar surface area (TPSA) is 89.3 Å².